The summed E-state index contributed by atoms with van der Waals surface area (Å²) >= 11 is 6.07. The van der Waals surface area contributed by atoms with E-state index in [1.54, 1.807) is 12.2 Å². The number of halogens is 1. The van der Waals surface area contributed by atoms with Gasteiger partial charge in [-0.15, -0.1) is 0 Å². The van der Waals surface area contributed by atoms with Crippen LogP contribution >= 0.6 is 11.6 Å². The number of rotatable bonds is 4. The number of allylic oxidation sites excluding steroid dienone is 2. The van der Waals surface area contributed by atoms with Crippen LogP contribution < -0.4 is 0 Å². The van der Waals surface area contributed by atoms with Crippen LogP contribution in [0.4, 0.5) is 0 Å². The summed E-state index contributed by atoms with van der Waals surface area (Å²) in [4.78, 5) is 11.4. The van der Waals surface area contributed by atoms with Crippen molar-refractivity contribution in [3.8, 4) is 11.1 Å². The minimum absolute atomic E-state index is 0.298. The van der Waals surface area contributed by atoms with Gasteiger partial charge in [0.25, 0.3) is 0 Å². The van der Waals surface area contributed by atoms with Crippen LogP contribution in [-0.2, 0) is 9.53 Å². The summed E-state index contributed by atoms with van der Waals surface area (Å²) in [5, 5.41) is 10.0. The molecule has 1 aliphatic rings. The molecular formula is C20H17ClO3. The molecule has 2 aromatic rings. The van der Waals surface area contributed by atoms with E-state index >= 15 is 0 Å². The average molecular weight is 341 g/mol. The lowest BCUT2D eigenvalue weighted by Crippen LogP contribution is -2.39. The van der Waals surface area contributed by atoms with E-state index in [1.807, 2.05) is 48.5 Å². The summed E-state index contributed by atoms with van der Waals surface area (Å²) in [6, 6.07) is 15.8. The summed E-state index contributed by atoms with van der Waals surface area (Å²) in [5.74, 6) is -0.982. The Morgan fingerprint density at radius 1 is 1.12 bits per heavy atom. The van der Waals surface area contributed by atoms with Crippen molar-refractivity contribution in [3.63, 3.8) is 0 Å². The molecule has 1 atom stereocenters. The third kappa shape index (κ3) is 3.14. The minimum atomic E-state index is -1.27. The number of carboxylic acid groups (broad SMARTS) is 1. The summed E-state index contributed by atoms with van der Waals surface area (Å²) < 4.78 is 5.19. The highest BCUT2D eigenvalue weighted by Crippen LogP contribution is 2.31. The lowest BCUT2D eigenvalue weighted by atomic mass is 9.88. The van der Waals surface area contributed by atoms with Crippen LogP contribution in [0.25, 0.3) is 16.7 Å². The van der Waals surface area contributed by atoms with Crippen molar-refractivity contribution in [3.05, 3.63) is 77.3 Å². The fourth-order valence-electron chi connectivity index (χ4n) is 2.78. The lowest BCUT2D eigenvalue weighted by Gasteiger charge is -2.26. The molecule has 0 radical (unpaired) electrons. The molecule has 0 saturated carbocycles. The first-order chi connectivity index (χ1) is 11.5. The molecule has 1 unspecified atom stereocenters. The van der Waals surface area contributed by atoms with Gasteiger partial charge >= 0.3 is 5.97 Å². The van der Waals surface area contributed by atoms with Crippen LogP contribution in [0.5, 0.6) is 0 Å². The van der Waals surface area contributed by atoms with Gasteiger partial charge in [-0.05, 0) is 46.5 Å². The van der Waals surface area contributed by atoms with Gasteiger partial charge in [0.15, 0.2) is 5.60 Å². The van der Waals surface area contributed by atoms with Crippen molar-refractivity contribution in [1.82, 2.24) is 0 Å². The standard InChI is InChI=1S/C20H17ClO3/c1-24-20(19(22)23)10-8-14(9-11-20)15-4-2-5-16(12-15)17-6-3-7-18(21)13-17/h2-10,12-13H,11H2,1H3,(H,22,23). The topological polar surface area (TPSA) is 46.5 Å². The molecule has 0 aliphatic heterocycles. The Labute approximate surface area is 145 Å². The van der Waals surface area contributed by atoms with Gasteiger partial charge in [-0.25, -0.2) is 4.79 Å². The van der Waals surface area contributed by atoms with Crippen LogP contribution in [0, 0.1) is 0 Å². The lowest BCUT2D eigenvalue weighted by molar-refractivity contribution is -0.156. The number of methoxy groups -OCH3 is 1. The number of ether oxygens (including phenoxy) is 1. The number of hydrogen-bond donors (Lipinski definition) is 1. The van der Waals surface area contributed by atoms with Gasteiger partial charge in [-0.2, -0.15) is 0 Å². The van der Waals surface area contributed by atoms with E-state index in [0.29, 0.717) is 11.4 Å². The zero-order valence-electron chi connectivity index (χ0n) is 13.2. The third-order valence-corrected chi connectivity index (χ3v) is 4.47. The quantitative estimate of drug-likeness (QED) is 0.867. The van der Waals surface area contributed by atoms with Crippen LogP contribution in [0.3, 0.4) is 0 Å². The number of carbonyl (C=O) groups is 1. The first-order valence-corrected chi connectivity index (χ1v) is 7.96. The Balaban J connectivity index is 1.91. The molecule has 0 heterocycles. The maximum Gasteiger partial charge on any atom is 0.340 e. The zero-order chi connectivity index (χ0) is 17.2. The van der Waals surface area contributed by atoms with Crippen LogP contribution in [-0.4, -0.2) is 23.8 Å². The first-order valence-electron chi connectivity index (χ1n) is 7.58. The maximum absolute atomic E-state index is 11.4. The second-order valence-electron chi connectivity index (χ2n) is 5.69. The molecule has 4 heteroatoms. The maximum atomic E-state index is 11.4. The fourth-order valence-corrected chi connectivity index (χ4v) is 2.97. The highest BCUT2D eigenvalue weighted by molar-refractivity contribution is 6.30. The number of aliphatic carboxylic acids is 1. The van der Waals surface area contributed by atoms with Crippen molar-refractivity contribution in [2.45, 2.75) is 12.0 Å². The Morgan fingerprint density at radius 2 is 1.79 bits per heavy atom. The zero-order valence-corrected chi connectivity index (χ0v) is 14.0. The molecule has 0 amide bonds. The molecule has 0 spiro atoms. The predicted molar refractivity (Wildman–Crippen MR) is 96.0 cm³/mol. The third-order valence-electron chi connectivity index (χ3n) is 4.24. The minimum Gasteiger partial charge on any atom is -0.479 e. The van der Waals surface area contributed by atoms with Gasteiger partial charge in [0.2, 0.25) is 0 Å². The SMILES string of the molecule is COC1(C(=O)O)C=CC(c2cccc(-c3cccc(Cl)c3)c2)=CC1. The Hall–Kier alpha value is -2.36. The molecule has 0 bridgehead atoms. The van der Waals surface area contributed by atoms with E-state index in [1.165, 1.54) is 7.11 Å². The second-order valence-corrected chi connectivity index (χ2v) is 6.12. The van der Waals surface area contributed by atoms with Crippen LogP contribution in [0.2, 0.25) is 5.02 Å². The molecule has 122 valence electrons. The number of hydrogen-bond acceptors (Lipinski definition) is 2. The van der Waals surface area contributed by atoms with Crippen molar-refractivity contribution >= 4 is 23.1 Å². The average Bonchev–Trinajstić information content (AvgIpc) is 2.62. The first kappa shape index (κ1) is 16.5. The fraction of sp³-hybridized carbons (Fsp3) is 0.150. The normalized spacial score (nSPS) is 19.8. The monoisotopic (exact) mass is 340 g/mol. The highest BCUT2D eigenvalue weighted by Gasteiger charge is 2.36. The molecule has 3 nitrogen and oxygen atoms in total. The van der Waals surface area contributed by atoms with Crippen LogP contribution in [0.15, 0.2) is 66.8 Å². The van der Waals surface area contributed by atoms with Crippen molar-refractivity contribution < 1.29 is 14.6 Å². The van der Waals surface area contributed by atoms with Crippen molar-refractivity contribution in [2.75, 3.05) is 7.11 Å². The van der Waals surface area contributed by atoms with Crippen LogP contribution in [0.1, 0.15) is 12.0 Å². The summed E-state index contributed by atoms with van der Waals surface area (Å²) in [6.45, 7) is 0. The molecule has 0 aromatic heterocycles. The molecule has 0 saturated heterocycles. The van der Waals surface area contributed by atoms with Crippen molar-refractivity contribution in [1.29, 1.82) is 0 Å². The second kappa shape index (κ2) is 6.63. The Morgan fingerprint density at radius 3 is 2.38 bits per heavy atom. The largest absolute Gasteiger partial charge is 0.479 e. The molecule has 2 aromatic carbocycles. The molecule has 0 fully saturated rings. The summed E-state index contributed by atoms with van der Waals surface area (Å²) in [6.07, 6.45) is 5.61. The van der Waals surface area contributed by atoms with E-state index < -0.39 is 11.6 Å². The number of benzene rings is 2. The summed E-state index contributed by atoms with van der Waals surface area (Å²) in [7, 11) is 1.41. The Bertz CT molecular complexity index is 838. The smallest absolute Gasteiger partial charge is 0.340 e. The summed E-state index contributed by atoms with van der Waals surface area (Å²) in [5.41, 5.74) is 2.84. The Kier molecular flexibility index (Phi) is 4.56. The van der Waals surface area contributed by atoms with Gasteiger partial charge in [0.1, 0.15) is 0 Å². The molecule has 3 rings (SSSR count). The van der Waals surface area contributed by atoms with E-state index in [0.717, 1.165) is 22.3 Å². The van der Waals surface area contributed by atoms with Crippen molar-refractivity contribution in [2.24, 2.45) is 0 Å². The van der Waals surface area contributed by atoms with E-state index in [9.17, 15) is 9.90 Å². The van der Waals surface area contributed by atoms with E-state index in [-0.39, 0.29) is 0 Å². The van der Waals surface area contributed by atoms with Gasteiger partial charge in [-0.3, -0.25) is 0 Å². The molecular weight excluding hydrogens is 324 g/mol. The molecule has 1 N–H and O–H groups in total. The highest BCUT2D eigenvalue weighted by atomic mass is 35.5. The van der Waals surface area contributed by atoms with Gasteiger partial charge in [0, 0.05) is 18.6 Å². The van der Waals surface area contributed by atoms with Gasteiger partial charge in [0.05, 0.1) is 0 Å². The van der Waals surface area contributed by atoms with Gasteiger partial charge in [-0.1, -0.05) is 54.1 Å². The molecule has 24 heavy (non-hydrogen) atoms. The number of carboxylic acids is 1. The van der Waals surface area contributed by atoms with Gasteiger partial charge < -0.3 is 9.84 Å². The predicted octanol–water partition coefficient (Wildman–Crippen LogP) is 4.82. The van der Waals surface area contributed by atoms with E-state index in [2.05, 4.69) is 6.07 Å². The van der Waals surface area contributed by atoms with E-state index in [4.69, 9.17) is 16.3 Å². The molecule has 1 aliphatic carbocycles.